The molecule has 1 amide bonds. The number of carboxylic acid groups (broad SMARTS) is 1. The molecule has 1 aliphatic carbocycles. The second-order valence-corrected chi connectivity index (χ2v) is 6.55. The SMILES string of the molecule is O=C(O)[C@H]1CC(=O)N(CC2CCCCC2)[C@@H]1c1ccccc1. The van der Waals surface area contributed by atoms with Gasteiger partial charge in [-0.2, -0.15) is 0 Å². The molecule has 1 aromatic rings. The Labute approximate surface area is 131 Å². The standard InChI is InChI=1S/C18H23NO3/c20-16-11-15(18(21)22)17(14-9-5-2-6-10-14)19(16)12-13-7-3-1-4-8-13/h2,5-6,9-10,13,15,17H,1,3-4,7-8,11-12H2,(H,21,22)/t15-,17+/m0/s1. The van der Waals surface area contributed by atoms with Crippen molar-refractivity contribution in [2.75, 3.05) is 6.54 Å². The largest absolute Gasteiger partial charge is 0.481 e. The normalized spacial score (nSPS) is 26.4. The summed E-state index contributed by atoms with van der Waals surface area (Å²) in [6, 6.07) is 9.31. The summed E-state index contributed by atoms with van der Waals surface area (Å²) in [5.41, 5.74) is 0.941. The first-order valence-corrected chi connectivity index (χ1v) is 8.24. The Balaban J connectivity index is 1.84. The second-order valence-electron chi connectivity index (χ2n) is 6.55. The summed E-state index contributed by atoms with van der Waals surface area (Å²) < 4.78 is 0. The van der Waals surface area contributed by atoms with Gasteiger partial charge in [-0.15, -0.1) is 0 Å². The van der Waals surface area contributed by atoms with Crippen LogP contribution in [0.5, 0.6) is 0 Å². The van der Waals surface area contributed by atoms with Gasteiger partial charge < -0.3 is 10.0 Å². The van der Waals surface area contributed by atoms with E-state index in [-0.39, 0.29) is 18.4 Å². The smallest absolute Gasteiger partial charge is 0.309 e. The minimum Gasteiger partial charge on any atom is -0.481 e. The number of hydrogen-bond acceptors (Lipinski definition) is 2. The quantitative estimate of drug-likeness (QED) is 0.928. The monoisotopic (exact) mass is 301 g/mol. The van der Waals surface area contributed by atoms with Gasteiger partial charge in [-0.25, -0.2) is 0 Å². The number of benzene rings is 1. The number of likely N-dealkylation sites (tertiary alicyclic amines) is 1. The molecule has 0 spiro atoms. The predicted octanol–water partition coefficient (Wildman–Crippen LogP) is 3.24. The number of nitrogens with zero attached hydrogens (tertiary/aromatic N) is 1. The van der Waals surface area contributed by atoms with E-state index in [2.05, 4.69) is 0 Å². The van der Waals surface area contributed by atoms with Gasteiger partial charge in [0.15, 0.2) is 0 Å². The summed E-state index contributed by atoms with van der Waals surface area (Å²) in [7, 11) is 0. The maximum Gasteiger partial charge on any atom is 0.309 e. The molecule has 0 unspecified atom stereocenters. The average molecular weight is 301 g/mol. The molecule has 4 heteroatoms. The van der Waals surface area contributed by atoms with Crippen molar-refractivity contribution in [1.29, 1.82) is 0 Å². The Morgan fingerprint density at radius 1 is 1.14 bits per heavy atom. The Morgan fingerprint density at radius 2 is 1.82 bits per heavy atom. The van der Waals surface area contributed by atoms with Crippen LogP contribution in [0.1, 0.15) is 50.1 Å². The van der Waals surface area contributed by atoms with E-state index in [0.717, 1.165) is 18.4 Å². The van der Waals surface area contributed by atoms with E-state index in [9.17, 15) is 14.7 Å². The van der Waals surface area contributed by atoms with Crippen molar-refractivity contribution in [3.63, 3.8) is 0 Å². The van der Waals surface area contributed by atoms with Gasteiger partial charge in [-0.1, -0.05) is 49.6 Å². The zero-order valence-electron chi connectivity index (χ0n) is 12.8. The van der Waals surface area contributed by atoms with Crippen molar-refractivity contribution in [3.05, 3.63) is 35.9 Å². The highest BCUT2D eigenvalue weighted by Gasteiger charge is 2.45. The van der Waals surface area contributed by atoms with Gasteiger partial charge in [0.05, 0.1) is 12.0 Å². The lowest BCUT2D eigenvalue weighted by atomic mass is 9.88. The Bertz CT molecular complexity index is 537. The number of carboxylic acids is 1. The van der Waals surface area contributed by atoms with E-state index in [1.165, 1.54) is 19.3 Å². The number of rotatable bonds is 4. The van der Waals surface area contributed by atoms with E-state index in [1.807, 2.05) is 35.2 Å². The highest BCUT2D eigenvalue weighted by molar-refractivity contribution is 5.87. The van der Waals surface area contributed by atoms with Crippen LogP contribution in [0.3, 0.4) is 0 Å². The van der Waals surface area contributed by atoms with Crippen LogP contribution in [0.25, 0.3) is 0 Å². The van der Waals surface area contributed by atoms with Gasteiger partial charge in [0, 0.05) is 13.0 Å². The number of carbonyl (C=O) groups is 2. The van der Waals surface area contributed by atoms with Crippen LogP contribution >= 0.6 is 0 Å². The molecular weight excluding hydrogens is 278 g/mol. The molecule has 4 nitrogen and oxygen atoms in total. The first-order chi connectivity index (χ1) is 10.7. The molecule has 1 N–H and O–H groups in total. The molecule has 22 heavy (non-hydrogen) atoms. The lowest BCUT2D eigenvalue weighted by Gasteiger charge is -2.32. The first-order valence-electron chi connectivity index (χ1n) is 8.24. The maximum absolute atomic E-state index is 12.4. The van der Waals surface area contributed by atoms with Crippen LogP contribution in [0, 0.1) is 11.8 Å². The molecule has 118 valence electrons. The van der Waals surface area contributed by atoms with Gasteiger partial charge in [-0.05, 0) is 24.3 Å². The summed E-state index contributed by atoms with van der Waals surface area (Å²) in [6.07, 6.45) is 6.17. The maximum atomic E-state index is 12.4. The van der Waals surface area contributed by atoms with Crippen molar-refractivity contribution in [2.24, 2.45) is 11.8 Å². The lowest BCUT2D eigenvalue weighted by Crippen LogP contribution is -2.35. The van der Waals surface area contributed by atoms with Crippen molar-refractivity contribution in [3.8, 4) is 0 Å². The van der Waals surface area contributed by atoms with Gasteiger partial charge in [0.25, 0.3) is 0 Å². The molecule has 1 aromatic carbocycles. The van der Waals surface area contributed by atoms with Crippen molar-refractivity contribution < 1.29 is 14.7 Å². The Hall–Kier alpha value is -1.84. The van der Waals surface area contributed by atoms with Crippen LogP contribution in [0.2, 0.25) is 0 Å². The highest BCUT2D eigenvalue weighted by atomic mass is 16.4. The number of aliphatic carboxylic acids is 1. The number of amides is 1. The highest BCUT2D eigenvalue weighted by Crippen LogP contribution is 2.40. The lowest BCUT2D eigenvalue weighted by molar-refractivity contribution is -0.142. The van der Waals surface area contributed by atoms with Crippen LogP contribution in [0.15, 0.2) is 30.3 Å². The molecule has 0 radical (unpaired) electrons. The van der Waals surface area contributed by atoms with E-state index >= 15 is 0 Å². The minimum absolute atomic E-state index is 0.00757. The number of hydrogen-bond donors (Lipinski definition) is 1. The predicted molar refractivity (Wildman–Crippen MR) is 83.2 cm³/mol. The third kappa shape index (κ3) is 3.01. The average Bonchev–Trinajstić information content (AvgIpc) is 2.86. The van der Waals surface area contributed by atoms with E-state index < -0.39 is 11.9 Å². The van der Waals surface area contributed by atoms with Gasteiger partial charge in [-0.3, -0.25) is 9.59 Å². The first kappa shape index (κ1) is 15.1. The summed E-state index contributed by atoms with van der Waals surface area (Å²) in [5, 5.41) is 9.51. The van der Waals surface area contributed by atoms with Crippen LogP contribution in [0.4, 0.5) is 0 Å². The molecule has 2 atom stereocenters. The third-order valence-corrected chi connectivity index (χ3v) is 5.07. The van der Waals surface area contributed by atoms with Gasteiger partial charge >= 0.3 is 5.97 Å². The summed E-state index contributed by atoms with van der Waals surface area (Å²) >= 11 is 0. The number of carbonyl (C=O) groups excluding carboxylic acids is 1. The zero-order valence-corrected chi connectivity index (χ0v) is 12.8. The second kappa shape index (κ2) is 6.51. The van der Waals surface area contributed by atoms with Crippen molar-refractivity contribution in [1.82, 2.24) is 4.90 Å². The van der Waals surface area contributed by atoms with E-state index in [0.29, 0.717) is 12.5 Å². The van der Waals surface area contributed by atoms with Gasteiger partial charge in [0.2, 0.25) is 5.91 Å². The fourth-order valence-electron chi connectivity index (χ4n) is 3.94. The van der Waals surface area contributed by atoms with Crippen molar-refractivity contribution in [2.45, 2.75) is 44.6 Å². The molecule has 1 saturated heterocycles. The molecule has 0 aromatic heterocycles. The minimum atomic E-state index is -0.867. The van der Waals surface area contributed by atoms with E-state index in [4.69, 9.17) is 0 Å². The molecule has 2 fully saturated rings. The summed E-state index contributed by atoms with van der Waals surface area (Å²) in [5.74, 6) is -0.977. The van der Waals surface area contributed by atoms with Crippen molar-refractivity contribution >= 4 is 11.9 Å². The summed E-state index contributed by atoms with van der Waals surface area (Å²) in [6.45, 7) is 0.710. The fraction of sp³-hybridized carbons (Fsp3) is 0.556. The molecule has 1 aliphatic heterocycles. The van der Waals surface area contributed by atoms with Crippen LogP contribution in [-0.4, -0.2) is 28.4 Å². The van der Waals surface area contributed by atoms with E-state index in [1.54, 1.807) is 0 Å². The van der Waals surface area contributed by atoms with Crippen LogP contribution < -0.4 is 0 Å². The Morgan fingerprint density at radius 3 is 2.45 bits per heavy atom. The molecule has 3 rings (SSSR count). The molecular formula is C18H23NO3. The van der Waals surface area contributed by atoms with Crippen LogP contribution in [-0.2, 0) is 9.59 Å². The van der Waals surface area contributed by atoms with Gasteiger partial charge in [0.1, 0.15) is 0 Å². The molecule has 0 bridgehead atoms. The topological polar surface area (TPSA) is 57.6 Å². The molecule has 1 saturated carbocycles. The summed E-state index contributed by atoms with van der Waals surface area (Å²) in [4.78, 5) is 25.8. The third-order valence-electron chi connectivity index (χ3n) is 5.07. The Kier molecular flexibility index (Phi) is 4.46. The fourth-order valence-corrected chi connectivity index (χ4v) is 3.94. The molecule has 2 aliphatic rings. The zero-order chi connectivity index (χ0) is 15.5. The molecule has 1 heterocycles.